The molecule has 0 atom stereocenters. The molecular formula is C18H21NO3. The zero-order valence-corrected chi connectivity index (χ0v) is 13.0. The van der Waals surface area contributed by atoms with Gasteiger partial charge in [-0.25, -0.2) is 0 Å². The molecule has 116 valence electrons. The van der Waals surface area contributed by atoms with Gasteiger partial charge >= 0.3 is 0 Å². The third-order valence-electron chi connectivity index (χ3n) is 3.18. The molecule has 2 aromatic carbocycles. The zero-order valence-electron chi connectivity index (χ0n) is 13.0. The van der Waals surface area contributed by atoms with E-state index in [-0.39, 0.29) is 5.91 Å². The first-order valence-electron chi connectivity index (χ1n) is 7.37. The molecule has 4 nitrogen and oxygen atoms in total. The molecule has 1 amide bonds. The SMILES string of the molecule is CCCOc1cccc(C(=O)NCc2ccc(OC)cc2)c1. The summed E-state index contributed by atoms with van der Waals surface area (Å²) in [5.74, 6) is 1.41. The highest BCUT2D eigenvalue weighted by Crippen LogP contribution is 2.14. The Bertz CT molecular complexity index is 608. The molecular weight excluding hydrogens is 278 g/mol. The lowest BCUT2D eigenvalue weighted by molar-refractivity contribution is 0.0950. The van der Waals surface area contributed by atoms with Crippen LogP contribution in [0.1, 0.15) is 29.3 Å². The molecule has 0 aliphatic carbocycles. The number of benzene rings is 2. The van der Waals surface area contributed by atoms with Gasteiger partial charge in [-0.3, -0.25) is 4.79 Å². The van der Waals surface area contributed by atoms with Crippen LogP contribution in [0.25, 0.3) is 0 Å². The third kappa shape index (κ3) is 4.52. The maximum Gasteiger partial charge on any atom is 0.251 e. The van der Waals surface area contributed by atoms with Crippen LogP contribution in [-0.2, 0) is 6.54 Å². The molecule has 0 heterocycles. The van der Waals surface area contributed by atoms with Crippen LogP contribution in [0, 0.1) is 0 Å². The van der Waals surface area contributed by atoms with Gasteiger partial charge in [-0.15, -0.1) is 0 Å². The van der Waals surface area contributed by atoms with Crippen molar-refractivity contribution in [1.82, 2.24) is 5.32 Å². The van der Waals surface area contributed by atoms with Gasteiger partial charge in [-0.05, 0) is 42.3 Å². The molecule has 0 spiro atoms. The molecule has 4 heteroatoms. The van der Waals surface area contributed by atoms with Crippen LogP contribution < -0.4 is 14.8 Å². The molecule has 0 aromatic heterocycles. The van der Waals surface area contributed by atoms with Crippen molar-refractivity contribution in [1.29, 1.82) is 0 Å². The number of carbonyl (C=O) groups excluding carboxylic acids is 1. The Labute approximate surface area is 131 Å². The molecule has 0 saturated heterocycles. The van der Waals surface area contributed by atoms with E-state index in [2.05, 4.69) is 5.32 Å². The van der Waals surface area contributed by atoms with Crippen molar-refractivity contribution >= 4 is 5.91 Å². The number of amides is 1. The van der Waals surface area contributed by atoms with E-state index in [1.165, 1.54) is 0 Å². The van der Waals surface area contributed by atoms with Crippen molar-refractivity contribution in [2.45, 2.75) is 19.9 Å². The van der Waals surface area contributed by atoms with Crippen LogP contribution >= 0.6 is 0 Å². The highest BCUT2D eigenvalue weighted by Gasteiger charge is 2.06. The van der Waals surface area contributed by atoms with Crippen molar-refractivity contribution in [3.8, 4) is 11.5 Å². The van der Waals surface area contributed by atoms with Crippen LogP contribution in [0.2, 0.25) is 0 Å². The second-order valence-electron chi connectivity index (χ2n) is 4.91. The normalized spacial score (nSPS) is 10.1. The van der Waals surface area contributed by atoms with E-state index in [0.29, 0.717) is 18.7 Å². The predicted molar refractivity (Wildman–Crippen MR) is 86.4 cm³/mol. The Morgan fingerprint density at radius 2 is 1.86 bits per heavy atom. The van der Waals surface area contributed by atoms with E-state index in [0.717, 1.165) is 23.5 Å². The summed E-state index contributed by atoms with van der Waals surface area (Å²) in [5, 5.41) is 2.90. The van der Waals surface area contributed by atoms with Gasteiger partial charge in [0.2, 0.25) is 0 Å². The fraction of sp³-hybridized carbons (Fsp3) is 0.278. The monoisotopic (exact) mass is 299 g/mol. The fourth-order valence-corrected chi connectivity index (χ4v) is 1.97. The first-order valence-corrected chi connectivity index (χ1v) is 7.37. The minimum absolute atomic E-state index is 0.113. The van der Waals surface area contributed by atoms with Gasteiger partial charge in [0.05, 0.1) is 13.7 Å². The van der Waals surface area contributed by atoms with Crippen LogP contribution in [0.3, 0.4) is 0 Å². The van der Waals surface area contributed by atoms with E-state index in [1.54, 1.807) is 19.2 Å². The average molecular weight is 299 g/mol. The summed E-state index contributed by atoms with van der Waals surface area (Å²) in [6.45, 7) is 3.17. The second kappa shape index (κ2) is 8.08. The van der Waals surface area contributed by atoms with Crippen molar-refractivity contribution < 1.29 is 14.3 Å². The fourth-order valence-electron chi connectivity index (χ4n) is 1.97. The van der Waals surface area contributed by atoms with Crippen molar-refractivity contribution in [3.63, 3.8) is 0 Å². The molecule has 2 aromatic rings. The van der Waals surface area contributed by atoms with Gasteiger partial charge in [0, 0.05) is 12.1 Å². The highest BCUT2D eigenvalue weighted by atomic mass is 16.5. The van der Waals surface area contributed by atoms with E-state index < -0.39 is 0 Å². The molecule has 0 saturated carbocycles. The van der Waals surface area contributed by atoms with Crippen LogP contribution in [0.4, 0.5) is 0 Å². The summed E-state index contributed by atoms with van der Waals surface area (Å²) in [6, 6.07) is 14.8. The maximum absolute atomic E-state index is 12.2. The molecule has 0 fully saturated rings. The summed E-state index contributed by atoms with van der Waals surface area (Å²) >= 11 is 0. The van der Waals surface area contributed by atoms with Gasteiger partial charge in [0.1, 0.15) is 11.5 Å². The van der Waals surface area contributed by atoms with Gasteiger partial charge in [0.15, 0.2) is 0 Å². The Hall–Kier alpha value is -2.49. The Balaban J connectivity index is 1.93. The molecule has 22 heavy (non-hydrogen) atoms. The predicted octanol–water partition coefficient (Wildman–Crippen LogP) is 3.41. The smallest absolute Gasteiger partial charge is 0.251 e. The van der Waals surface area contributed by atoms with E-state index in [4.69, 9.17) is 9.47 Å². The van der Waals surface area contributed by atoms with Crippen LogP contribution in [-0.4, -0.2) is 19.6 Å². The van der Waals surface area contributed by atoms with Crippen LogP contribution in [0.5, 0.6) is 11.5 Å². The second-order valence-corrected chi connectivity index (χ2v) is 4.91. The lowest BCUT2D eigenvalue weighted by Crippen LogP contribution is -2.22. The van der Waals surface area contributed by atoms with Gasteiger partial charge in [-0.1, -0.05) is 25.1 Å². The lowest BCUT2D eigenvalue weighted by atomic mass is 10.2. The molecule has 2 rings (SSSR count). The Morgan fingerprint density at radius 1 is 1.09 bits per heavy atom. The standard InChI is InChI=1S/C18H21NO3/c1-3-11-22-17-6-4-5-15(12-17)18(20)19-13-14-7-9-16(21-2)10-8-14/h4-10,12H,3,11,13H2,1-2H3,(H,19,20). The molecule has 0 aliphatic heterocycles. The van der Waals surface area contributed by atoms with Crippen molar-refractivity contribution in [2.24, 2.45) is 0 Å². The quantitative estimate of drug-likeness (QED) is 0.852. The summed E-state index contributed by atoms with van der Waals surface area (Å²) in [7, 11) is 1.63. The maximum atomic E-state index is 12.2. The van der Waals surface area contributed by atoms with Crippen molar-refractivity contribution in [2.75, 3.05) is 13.7 Å². The highest BCUT2D eigenvalue weighted by molar-refractivity contribution is 5.94. The minimum Gasteiger partial charge on any atom is -0.497 e. The van der Waals surface area contributed by atoms with Gasteiger partial charge < -0.3 is 14.8 Å². The Kier molecular flexibility index (Phi) is 5.83. The van der Waals surface area contributed by atoms with Gasteiger partial charge in [-0.2, -0.15) is 0 Å². The number of ether oxygens (including phenoxy) is 2. The summed E-state index contributed by atoms with van der Waals surface area (Å²) in [4.78, 5) is 12.2. The number of rotatable bonds is 7. The molecule has 1 N–H and O–H groups in total. The number of carbonyl (C=O) groups is 1. The number of hydrogen-bond donors (Lipinski definition) is 1. The van der Waals surface area contributed by atoms with E-state index in [1.807, 2.05) is 43.3 Å². The third-order valence-corrected chi connectivity index (χ3v) is 3.18. The molecule has 0 radical (unpaired) electrons. The zero-order chi connectivity index (χ0) is 15.8. The van der Waals surface area contributed by atoms with E-state index in [9.17, 15) is 4.79 Å². The van der Waals surface area contributed by atoms with Crippen LogP contribution in [0.15, 0.2) is 48.5 Å². The minimum atomic E-state index is -0.113. The largest absolute Gasteiger partial charge is 0.497 e. The summed E-state index contributed by atoms with van der Waals surface area (Å²) in [5.41, 5.74) is 1.62. The number of nitrogens with one attached hydrogen (secondary N) is 1. The van der Waals surface area contributed by atoms with Gasteiger partial charge in [0.25, 0.3) is 5.91 Å². The first-order chi connectivity index (χ1) is 10.7. The van der Waals surface area contributed by atoms with E-state index >= 15 is 0 Å². The van der Waals surface area contributed by atoms with Crippen molar-refractivity contribution in [3.05, 3.63) is 59.7 Å². The number of methoxy groups -OCH3 is 1. The summed E-state index contributed by atoms with van der Waals surface area (Å²) < 4.78 is 10.6. The Morgan fingerprint density at radius 3 is 2.55 bits per heavy atom. The molecule has 0 aliphatic rings. The molecule has 0 unspecified atom stereocenters. The first kappa shape index (κ1) is 15.9. The number of hydrogen-bond acceptors (Lipinski definition) is 3. The summed E-state index contributed by atoms with van der Waals surface area (Å²) in [6.07, 6.45) is 0.938. The molecule has 0 bridgehead atoms. The average Bonchev–Trinajstić information content (AvgIpc) is 2.58. The lowest BCUT2D eigenvalue weighted by Gasteiger charge is -2.08. The topological polar surface area (TPSA) is 47.6 Å².